The van der Waals surface area contributed by atoms with Crippen LogP contribution in [0.1, 0.15) is 42.5 Å². The molecule has 3 aliphatic rings. The molecule has 6 heteroatoms. The number of aromatic nitrogens is 1. The molecule has 3 fully saturated rings. The molecule has 2 saturated heterocycles. The average molecular weight is 335 g/mol. The molecule has 0 aromatic carbocycles. The SMILES string of the molecule is O=C(c1ccnc(F)c1)N1CC2(CC(NC3CCCC3)CS2)C1. The minimum Gasteiger partial charge on any atom is -0.336 e. The summed E-state index contributed by atoms with van der Waals surface area (Å²) in [5.41, 5.74) is 0.399. The molecule has 1 aromatic heterocycles. The van der Waals surface area contributed by atoms with Crippen LogP contribution in [0.5, 0.6) is 0 Å². The fourth-order valence-corrected chi connectivity index (χ4v) is 5.69. The summed E-state index contributed by atoms with van der Waals surface area (Å²) in [4.78, 5) is 17.7. The Morgan fingerprint density at radius 3 is 2.87 bits per heavy atom. The van der Waals surface area contributed by atoms with Crippen LogP contribution in [-0.2, 0) is 0 Å². The Kier molecular flexibility index (Phi) is 4.05. The van der Waals surface area contributed by atoms with E-state index in [9.17, 15) is 9.18 Å². The van der Waals surface area contributed by atoms with E-state index >= 15 is 0 Å². The molecule has 1 N–H and O–H groups in total. The van der Waals surface area contributed by atoms with E-state index in [4.69, 9.17) is 0 Å². The van der Waals surface area contributed by atoms with Gasteiger partial charge in [0.25, 0.3) is 5.91 Å². The van der Waals surface area contributed by atoms with Gasteiger partial charge in [-0.3, -0.25) is 4.79 Å². The van der Waals surface area contributed by atoms with Gasteiger partial charge in [-0.15, -0.1) is 11.8 Å². The molecular formula is C17H22FN3OS. The lowest BCUT2D eigenvalue weighted by Gasteiger charge is -2.47. The first kappa shape index (κ1) is 15.4. The Bertz CT molecular complexity index is 599. The molecule has 1 spiro atoms. The molecule has 1 aliphatic carbocycles. The lowest BCUT2D eigenvalue weighted by molar-refractivity contribution is 0.0550. The summed E-state index contributed by atoms with van der Waals surface area (Å²) in [6.07, 6.45) is 7.83. The van der Waals surface area contributed by atoms with E-state index in [1.165, 1.54) is 37.9 Å². The molecule has 3 heterocycles. The second kappa shape index (κ2) is 6.06. The molecule has 1 saturated carbocycles. The summed E-state index contributed by atoms with van der Waals surface area (Å²) < 4.78 is 13.4. The number of carbonyl (C=O) groups is 1. The van der Waals surface area contributed by atoms with Crippen LogP contribution in [0.25, 0.3) is 0 Å². The molecule has 0 radical (unpaired) electrons. The zero-order chi connectivity index (χ0) is 15.9. The van der Waals surface area contributed by atoms with Gasteiger partial charge in [0, 0.05) is 48.8 Å². The van der Waals surface area contributed by atoms with Crippen LogP contribution in [0.2, 0.25) is 0 Å². The number of likely N-dealkylation sites (tertiary alicyclic amines) is 1. The molecule has 4 nitrogen and oxygen atoms in total. The van der Waals surface area contributed by atoms with Gasteiger partial charge in [-0.1, -0.05) is 12.8 Å². The minimum atomic E-state index is -0.595. The molecule has 23 heavy (non-hydrogen) atoms. The second-order valence-electron chi connectivity index (χ2n) is 7.07. The van der Waals surface area contributed by atoms with Crippen LogP contribution >= 0.6 is 11.8 Å². The number of amides is 1. The third-order valence-electron chi connectivity index (χ3n) is 5.25. The van der Waals surface area contributed by atoms with Crippen molar-refractivity contribution in [3.63, 3.8) is 0 Å². The van der Waals surface area contributed by atoms with Crippen LogP contribution < -0.4 is 5.32 Å². The quantitative estimate of drug-likeness (QED) is 0.862. The topological polar surface area (TPSA) is 45.2 Å². The Morgan fingerprint density at radius 2 is 2.13 bits per heavy atom. The van der Waals surface area contributed by atoms with Crippen molar-refractivity contribution in [3.05, 3.63) is 29.8 Å². The van der Waals surface area contributed by atoms with Gasteiger partial charge in [0.1, 0.15) is 0 Å². The van der Waals surface area contributed by atoms with E-state index in [2.05, 4.69) is 10.3 Å². The van der Waals surface area contributed by atoms with Gasteiger partial charge >= 0.3 is 0 Å². The van der Waals surface area contributed by atoms with Crippen molar-refractivity contribution in [1.82, 2.24) is 15.2 Å². The number of carbonyl (C=O) groups excluding carboxylic acids is 1. The summed E-state index contributed by atoms with van der Waals surface area (Å²) in [5.74, 6) is 0.467. The maximum atomic E-state index is 13.2. The maximum absolute atomic E-state index is 13.2. The number of hydrogen-bond acceptors (Lipinski definition) is 4. The Labute approximate surface area is 140 Å². The Hall–Kier alpha value is -1.14. The van der Waals surface area contributed by atoms with Crippen LogP contribution in [0.15, 0.2) is 18.3 Å². The first-order chi connectivity index (χ1) is 11.1. The fourth-order valence-electron chi connectivity index (χ4n) is 4.11. The summed E-state index contributed by atoms with van der Waals surface area (Å²) >= 11 is 2.00. The first-order valence-electron chi connectivity index (χ1n) is 8.44. The predicted octanol–water partition coefficient (Wildman–Crippen LogP) is 2.45. The molecule has 0 bridgehead atoms. The fraction of sp³-hybridized carbons (Fsp3) is 0.647. The lowest BCUT2D eigenvalue weighted by atomic mass is 9.91. The molecular weight excluding hydrogens is 313 g/mol. The highest BCUT2D eigenvalue weighted by atomic mass is 32.2. The van der Waals surface area contributed by atoms with Gasteiger partial charge in [0.2, 0.25) is 5.95 Å². The zero-order valence-electron chi connectivity index (χ0n) is 13.1. The highest BCUT2D eigenvalue weighted by molar-refractivity contribution is 8.01. The smallest absolute Gasteiger partial charge is 0.254 e. The molecule has 1 unspecified atom stereocenters. The Morgan fingerprint density at radius 1 is 1.35 bits per heavy atom. The van der Waals surface area contributed by atoms with E-state index in [1.807, 2.05) is 16.7 Å². The summed E-state index contributed by atoms with van der Waals surface area (Å²) in [5, 5.41) is 3.80. The minimum absolute atomic E-state index is 0.0790. The molecule has 124 valence electrons. The van der Waals surface area contributed by atoms with Gasteiger partial charge in [0.15, 0.2) is 0 Å². The van der Waals surface area contributed by atoms with Crippen molar-refractivity contribution >= 4 is 17.7 Å². The third kappa shape index (κ3) is 3.11. The van der Waals surface area contributed by atoms with Gasteiger partial charge in [0.05, 0.1) is 4.75 Å². The predicted molar refractivity (Wildman–Crippen MR) is 89.1 cm³/mol. The highest BCUT2D eigenvalue weighted by Crippen LogP contribution is 2.45. The molecule has 1 atom stereocenters. The number of thioether (sulfide) groups is 1. The van der Waals surface area contributed by atoms with E-state index in [0.29, 0.717) is 17.6 Å². The molecule has 4 rings (SSSR count). The largest absolute Gasteiger partial charge is 0.336 e. The normalized spacial score (nSPS) is 26.7. The molecule has 1 aromatic rings. The summed E-state index contributed by atoms with van der Waals surface area (Å²) in [7, 11) is 0. The van der Waals surface area contributed by atoms with Gasteiger partial charge in [-0.05, 0) is 25.3 Å². The monoisotopic (exact) mass is 335 g/mol. The average Bonchev–Trinajstić information content (AvgIpc) is 3.15. The van der Waals surface area contributed by atoms with Crippen LogP contribution in [-0.4, -0.2) is 51.5 Å². The van der Waals surface area contributed by atoms with Gasteiger partial charge < -0.3 is 10.2 Å². The summed E-state index contributed by atoms with van der Waals surface area (Å²) in [6.45, 7) is 1.56. The van der Waals surface area contributed by atoms with Crippen molar-refractivity contribution < 1.29 is 9.18 Å². The van der Waals surface area contributed by atoms with E-state index in [1.54, 1.807) is 6.07 Å². The van der Waals surface area contributed by atoms with Crippen molar-refractivity contribution in [1.29, 1.82) is 0 Å². The number of hydrogen-bond donors (Lipinski definition) is 1. The lowest BCUT2D eigenvalue weighted by Crippen LogP contribution is -2.61. The second-order valence-corrected chi connectivity index (χ2v) is 8.56. The number of pyridine rings is 1. The number of nitrogens with one attached hydrogen (secondary N) is 1. The van der Waals surface area contributed by atoms with Crippen LogP contribution in [0.4, 0.5) is 4.39 Å². The standard InChI is InChI=1S/C17H22FN3OS/c18-15-7-12(5-6-19-15)16(22)21-10-17(11-21)8-14(9-23-17)20-13-3-1-2-4-13/h5-7,13-14,20H,1-4,8-11H2. The van der Waals surface area contributed by atoms with E-state index < -0.39 is 5.95 Å². The van der Waals surface area contributed by atoms with Crippen LogP contribution in [0, 0.1) is 5.95 Å². The number of nitrogens with zero attached hydrogens (tertiary/aromatic N) is 2. The van der Waals surface area contributed by atoms with Crippen molar-refractivity contribution in [2.24, 2.45) is 0 Å². The summed E-state index contributed by atoms with van der Waals surface area (Å²) in [6, 6.07) is 4.09. The van der Waals surface area contributed by atoms with E-state index in [0.717, 1.165) is 25.3 Å². The van der Waals surface area contributed by atoms with Crippen molar-refractivity contribution in [3.8, 4) is 0 Å². The van der Waals surface area contributed by atoms with Crippen molar-refractivity contribution in [2.75, 3.05) is 18.8 Å². The molecule has 2 aliphatic heterocycles. The van der Waals surface area contributed by atoms with Crippen molar-refractivity contribution in [2.45, 2.75) is 48.9 Å². The zero-order valence-corrected chi connectivity index (χ0v) is 13.9. The molecule has 1 amide bonds. The highest BCUT2D eigenvalue weighted by Gasteiger charge is 2.50. The first-order valence-corrected chi connectivity index (χ1v) is 9.43. The van der Waals surface area contributed by atoms with Crippen LogP contribution in [0.3, 0.4) is 0 Å². The van der Waals surface area contributed by atoms with Gasteiger partial charge in [-0.2, -0.15) is 4.39 Å². The van der Waals surface area contributed by atoms with Gasteiger partial charge in [-0.25, -0.2) is 4.98 Å². The third-order valence-corrected chi connectivity index (χ3v) is 6.86. The number of halogens is 1. The number of rotatable bonds is 3. The Balaban J connectivity index is 1.31. The maximum Gasteiger partial charge on any atom is 0.254 e. The van der Waals surface area contributed by atoms with E-state index in [-0.39, 0.29) is 10.7 Å².